The molecule has 206 valence electrons. The van der Waals surface area contributed by atoms with E-state index >= 15 is 0 Å². The zero-order valence-electron chi connectivity index (χ0n) is 26.4. The summed E-state index contributed by atoms with van der Waals surface area (Å²) in [7, 11) is 0. The molecule has 0 saturated heterocycles. The summed E-state index contributed by atoms with van der Waals surface area (Å²) in [5.41, 5.74) is 9.39. The van der Waals surface area contributed by atoms with E-state index in [2.05, 4.69) is 140 Å². The molecule has 0 radical (unpaired) electrons. The van der Waals surface area contributed by atoms with Gasteiger partial charge < -0.3 is 5.73 Å². The lowest BCUT2D eigenvalue weighted by Gasteiger charge is -2.54. The van der Waals surface area contributed by atoms with Crippen LogP contribution in [0.25, 0.3) is 0 Å². The predicted molar refractivity (Wildman–Crippen MR) is 166 cm³/mol. The van der Waals surface area contributed by atoms with Gasteiger partial charge in [-0.1, -0.05) is 138 Å². The number of rotatable bonds is 14. The van der Waals surface area contributed by atoms with Crippen molar-refractivity contribution in [2.75, 3.05) is 6.54 Å². The second kappa shape index (κ2) is 13.3. The molecule has 0 fully saturated rings. The van der Waals surface area contributed by atoms with Gasteiger partial charge >= 0.3 is 0 Å². The highest BCUT2D eigenvalue weighted by atomic mass is 14.6. The molecule has 0 aromatic carbocycles. The highest BCUT2D eigenvalue weighted by Gasteiger charge is 2.49. The van der Waals surface area contributed by atoms with Gasteiger partial charge in [0.05, 0.1) is 0 Å². The lowest BCUT2D eigenvalue weighted by atomic mass is 9.51. The van der Waals surface area contributed by atoms with Crippen molar-refractivity contribution in [1.29, 1.82) is 0 Å². The van der Waals surface area contributed by atoms with Crippen LogP contribution >= 0.6 is 0 Å². The number of hydrogen-bond acceptors (Lipinski definition) is 1. The maximum absolute atomic E-state index is 6.38. The average molecular weight is 496 g/mol. The third-order valence-electron chi connectivity index (χ3n) is 9.69. The molecule has 0 amide bonds. The summed E-state index contributed by atoms with van der Waals surface area (Å²) >= 11 is 0. The Morgan fingerprint density at radius 2 is 1.06 bits per heavy atom. The quantitative estimate of drug-likeness (QED) is 0.238. The molecular weight excluding hydrogens is 434 g/mol. The van der Waals surface area contributed by atoms with E-state index in [9.17, 15) is 0 Å². The van der Waals surface area contributed by atoms with Crippen molar-refractivity contribution >= 4 is 0 Å². The molecule has 0 aromatic heterocycles. The third kappa shape index (κ3) is 8.47. The first-order valence-electron chi connectivity index (χ1n) is 13.9. The van der Waals surface area contributed by atoms with Gasteiger partial charge in [0, 0.05) is 0 Å². The van der Waals surface area contributed by atoms with Crippen molar-refractivity contribution < 1.29 is 0 Å². The minimum Gasteiger partial charge on any atom is -0.330 e. The summed E-state index contributed by atoms with van der Waals surface area (Å²) in [6.07, 6.45) is 19.3. The molecule has 0 spiro atoms. The fourth-order valence-corrected chi connectivity index (χ4v) is 5.07. The maximum atomic E-state index is 6.38. The molecule has 1 nitrogen and oxygen atoms in total. The Kier molecular flexibility index (Phi) is 12.7. The molecule has 0 saturated carbocycles. The molecule has 36 heavy (non-hydrogen) atoms. The van der Waals surface area contributed by atoms with E-state index in [1.165, 1.54) is 11.1 Å². The molecule has 0 aliphatic rings. The Morgan fingerprint density at radius 3 is 1.39 bits per heavy atom. The Morgan fingerprint density at radius 1 is 0.667 bits per heavy atom. The summed E-state index contributed by atoms with van der Waals surface area (Å²) in [5, 5.41) is 0. The van der Waals surface area contributed by atoms with Gasteiger partial charge in [0.15, 0.2) is 0 Å². The van der Waals surface area contributed by atoms with Gasteiger partial charge in [-0.2, -0.15) is 0 Å². The van der Waals surface area contributed by atoms with E-state index in [4.69, 9.17) is 5.73 Å². The van der Waals surface area contributed by atoms with Crippen molar-refractivity contribution in [3.8, 4) is 0 Å². The smallest absolute Gasteiger partial charge is 0.00200 e. The lowest BCUT2D eigenvalue weighted by Crippen LogP contribution is -2.46. The van der Waals surface area contributed by atoms with Crippen LogP contribution in [0.2, 0.25) is 0 Å². The van der Waals surface area contributed by atoms with Crippen molar-refractivity contribution in [3.05, 3.63) is 72.9 Å². The van der Waals surface area contributed by atoms with Crippen molar-refractivity contribution in [2.45, 2.75) is 103 Å². The highest BCUT2D eigenvalue weighted by Crippen LogP contribution is 2.57. The van der Waals surface area contributed by atoms with Crippen LogP contribution in [0.1, 0.15) is 103 Å². The third-order valence-corrected chi connectivity index (χ3v) is 9.69. The summed E-state index contributed by atoms with van der Waals surface area (Å²) in [5.74, 6) is 0.682. The highest BCUT2D eigenvalue weighted by molar-refractivity contribution is 5.30. The largest absolute Gasteiger partial charge is 0.330 e. The lowest BCUT2D eigenvalue weighted by molar-refractivity contribution is -0.0119. The number of allylic oxidation sites excluding steroid dienone is 10. The molecule has 0 rings (SSSR count). The van der Waals surface area contributed by atoms with Gasteiger partial charge in [-0.05, 0) is 83.3 Å². The summed E-state index contributed by atoms with van der Waals surface area (Å²) in [6.45, 7) is 39.4. The fraction of sp³-hybridized carbons (Fsp3) is 0.657. The van der Waals surface area contributed by atoms with E-state index in [1.807, 2.05) is 12.2 Å². The molecule has 2 atom stereocenters. The average Bonchev–Trinajstić information content (AvgIpc) is 2.74. The topological polar surface area (TPSA) is 26.0 Å². The number of nitrogens with two attached hydrogens (primary N) is 1. The fourth-order valence-electron chi connectivity index (χ4n) is 5.07. The molecule has 0 aromatic rings. The molecule has 2 N–H and O–H groups in total. The van der Waals surface area contributed by atoms with E-state index in [0.29, 0.717) is 18.4 Å². The van der Waals surface area contributed by atoms with E-state index < -0.39 is 0 Å². The number of hydrogen-bond donors (Lipinski definition) is 1. The Labute approximate surface area is 226 Å². The van der Waals surface area contributed by atoms with Crippen molar-refractivity contribution in [2.24, 2.45) is 44.6 Å². The van der Waals surface area contributed by atoms with Crippen LogP contribution in [0.4, 0.5) is 0 Å². The van der Waals surface area contributed by atoms with Crippen LogP contribution in [-0.2, 0) is 0 Å². The van der Waals surface area contributed by atoms with E-state index in [0.717, 1.165) is 12.8 Å². The van der Waals surface area contributed by atoms with Crippen LogP contribution in [0.3, 0.4) is 0 Å². The first-order chi connectivity index (χ1) is 16.3. The molecule has 2 unspecified atom stereocenters. The van der Waals surface area contributed by atoms with Gasteiger partial charge in [0.2, 0.25) is 0 Å². The summed E-state index contributed by atoms with van der Waals surface area (Å²) in [4.78, 5) is 0. The van der Waals surface area contributed by atoms with Crippen LogP contribution in [0, 0.1) is 38.9 Å². The Bertz CT molecular complexity index is 830. The molecular formula is C35H61N. The van der Waals surface area contributed by atoms with E-state index in [1.54, 1.807) is 0 Å². The Balaban J connectivity index is 6.98. The summed E-state index contributed by atoms with van der Waals surface area (Å²) in [6, 6.07) is 0. The molecule has 0 heterocycles. The first kappa shape index (κ1) is 34.4. The normalized spacial score (nSPS) is 17.1. The zero-order chi connectivity index (χ0) is 28.6. The molecule has 1 heteroatoms. The first-order valence-corrected chi connectivity index (χ1v) is 13.9. The second-order valence-corrected chi connectivity index (χ2v) is 14.3. The Hall–Kier alpha value is -1.60. The molecule has 0 bridgehead atoms. The standard InChI is InChI=1S/C35H61N/c1-16-20-27(21-17-2)29(32(8,9)26-36)24-34(12,13)35(14,15)30(28(22-18-3)23-19-4)25-33(10,11)31(5,6)7/h16-23,29-30H,1,3,24-26,36H2,2,4-15H3/b21-17-,23-19-,27-20+,28-22+. The van der Waals surface area contributed by atoms with Crippen LogP contribution < -0.4 is 5.73 Å². The van der Waals surface area contributed by atoms with Gasteiger partial charge in [-0.15, -0.1) is 0 Å². The van der Waals surface area contributed by atoms with Gasteiger partial charge in [0.25, 0.3) is 0 Å². The SMILES string of the molecule is C=C/C=C(\C=C/C)C(CC(C)(C)C(C)(C)C(CC(C)(C)C(C)(C)C)C(/C=C\C)=C/C=C)C(C)(C)CN. The van der Waals surface area contributed by atoms with Crippen LogP contribution in [-0.4, -0.2) is 6.54 Å². The minimum absolute atomic E-state index is 0.00200. The minimum atomic E-state index is -0.0367. The predicted octanol–water partition coefficient (Wildman–Crippen LogP) is 10.5. The molecule has 0 aliphatic heterocycles. The van der Waals surface area contributed by atoms with Gasteiger partial charge in [0.1, 0.15) is 0 Å². The summed E-state index contributed by atoms with van der Waals surface area (Å²) < 4.78 is 0. The molecule has 0 aliphatic carbocycles. The van der Waals surface area contributed by atoms with Crippen LogP contribution in [0.15, 0.2) is 72.9 Å². The zero-order valence-corrected chi connectivity index (χ0v) is 26.4. The monoisotopic (exact) mass is 495 g/mol. The van der Waals surface area contributed by atoms with Crippen molar-refractivity contribution in [1.82, 2.24) is 0 Å². The maximum Gasteiger partial charge on any atom is -0.00200 e. The van der Waals surface area contributed by atoms with Crippen LogP contribution in [0.5, 0.6) is 0 Å². The van der Waals surface area contributed by atoms with Crippen molar-refractivity contribution in [3.63, 3.8) is 0 Å². The van der Waals surface area contributed by atoms with Gasteiger partial charge in [-0.3, -0.25) is 0 Å². The van der Waals surface area contributed by atoms with Gasteiger partial charge in [-0.25, -0.2) is 0 Å². The second-order valence-electron chi connectivity index (χ2n) is 14.3. The van der Waals surface area contributed by atoms with E-state index in [-0.39, 0.29) is 27.1 Å².